The van der Waals surface area contributed by atoms with Crippen LogP contribution in [0.25, 0.3) is 0 Å². The third kappa shape index (κ3) is 3.49. The molecule has 0 heterocycles. The monoisotopic (exact) mass is 187 g/mol. The van der Waals surface area contributed by atoms with Crippen LogP contribution in [0.5, 0.6) is 5.75 Å². The van der Waals surface area contributed by atoms with Gasteiger partial charge in [-0.2, -0.15) is 0 Å². The summed E-state index contributed by atoms with van der Waals surface area (Å²) in [6.07, 6.45) is 1.11. The van der Waals surface area contributed by atoms with Crippen molar-refractivity contribution in [2.24, 2.45) is 0 Å². The molecule has 2 N–H and O–H groups in total. The summed E-state index contributed by atoms with van der Waals surface area (Å²) in [5, 5.41) is 12.2. The van der Waals surface area contributed by atoms with Crippen molar-refractivity contribution in [3.8, 4) is 5.75 Å². The molecule has 1 rings (SSSR count). The van der Waals surface area contributed by atoms with Crippen molar-refractivity contribution in [1.82, 2.24) is 0 Å². The molecule has 1 aromatic rings. The highest BCUT2D eigenvalue weighted by Crippen LogP contribution is 2.13. The molecule has 12 heavy (non-hydrogen) atoms. The second-order valence-corrected chi connectivity index (χ2v) is 2.47. The van der Waals surface area contributed by atoms with E-state index >= 15 is 0 Å². The molecule has 0 unspecified atom stereocenters. The molecule has 1 aromatic carbocycles. The number of hydrogen-bond acceptors (Lipinski definition) is 2. The third-order valence-corrected chi connectivity index (χ3v) is 1.45. The van der Waals surface area contributed by atoms with E-state index in [2.05, 4.69) is 12.2 Å². The summed E-state index contributed by atoms with van der Waals surface area (Å²) >= 11 is 0. The molecule has 0 bridgehead atoms. The Labute approximate surface area is 79.0 Å². The maximum Gasteiger partial charge on any atom is 0.115 e. The van der Waals surface area contributed by atoms with Gasteiger partial charge in [-0.15, -0.1) is 12.4 Å². The average molecular weight is 188 g/mol. The molecule has 68 valence electrons. The molecule has 0 amide bonds. The SMILES string of the molecule is CCCNc1ccc(O)cc1.Cl. The molecule has 0 fully saturated rings. The van der Waals surface area contributed by atoms with Gasteiger partial charge in [0.05, 0.1) is 0 Å². The zero-order valence-electron chi connectivity index (χ0n) is 7.08. The number of phenolic OH excluding ortho intramolecular Hbond substituents is 1. The molecular weight excluding hydrogens is 174 g/mol. The summed E-state index contributed by atoms with van der Waals surface area (Å²) in [6.45, 7) is 3.10. The minimum absolute atomic E-state index is 0. The van der Waals surface area contributed by atoms with Crippen LogP contribution in [-0.4, -0.2) is 11.7 Å². The second-order valence-electron chi connectivity index (χ2n) is 2.47. The predicted octanol–water partition coefficient (Wildman–Crippen LogP) is 2.64. The quantitative estimate of drug-likeness (QED) is 0.714. The minimum atomic E-state index is 0. The Kier molecular flexibility index (Phi) is 5.30. The maximum absolute atomic E-state index is 8.95. The van der Waals surface area contributed by atoms with E-state index in [0.29, 0.717) is 5.75 Å². The predicted molar refractivity (Wildman–Crippen MR) is 54.1 cm³/mol. The summed E-state index contributed by atoms with van der Waals surface area (Å²) in [5.41, 5.74) is 1.06. The fraction of sp³-hybridized carbons (Fsp3) is 0.333. The molecule has 0 aliphatic heterocycles. The van der Waals surface area contributed by atoms with Gasteiger partial charge in [0, 0.05) is 12.2 Å². The van der Waals surface area contributed by atoms with E-state index in [0.717, 1.165) is 18.7 Å². The molecule has 0 saturated carbocycles. The largest absolute Gasteiger partial charge is 0.508 e. The topological polar surface area (TPSA) is 32.3 Å². The van der Waals surface area contributed by atoms with Gasteiger partial charge in [0.1, 0.15) is 5.75 Å². The Morgan fingerprint density at radius 2 is 1.83 bits per heavy atom. The molecule has 0 aliphatic rings. The lowest BCUT2D eigenvalue weighted by atomic mass is 10.3. The fourth-order valence-corrected chi connectivity index (χ4v) is 0.849. The minimum Gasteiger partial charge on any atom is -0.508 e. The van der Waals surface area contributed by atoms with Gasteiger partial charge in [-0.1, -0.05) is 6.92 Å². The molecule has 0 spiro atoms. The lowest BCUT2D eigenvalue weighted by Crippen LogP contribution is -1.98. The number of halogens is 1. The Balaban J connectivity index is 0.00000121. The van der Waals surface area contributed by atoms with Crippen LogP contribution in [0.1, 0.15) is 13.3 Å². The van der Waals surface area contributed by atoms with Crippen LogP contribution in [0.3, 0.4) is 0 Å². The standard InChI is InChI=1S/C9H13NO.ClH/c1-2-7-10-8-3-5-9(11)6-4-8;/h3-6,10-11H,2,7H2,1H3;1H. The number of hydrogen-bond donors (Lipinski definition) is 2. The van der Waals surface area contributed by atoms with Gasteiger partial charge in [0.15, 0.2) is 0 Å². The molecule has 2 nitrogen and oxygen atoms in total. The van der Waals surface area contributed by atoms with E-state index in [9.17, 15) is 0 Å². The van der Waals surface area contributed by atoms with Gasteiger partial charge in [-0.3, -0.25) is 0 Å². The Morgan fingerprint density at radius 1 is 1.25 bits per heavy atom. The summed E-state index contributed by atoms with van der Waals surface area (Å²) in [5.74, 6) is 0.312. The fourth-order valence-electron chi connectivity index (χ4n) is 0.849. The number of benzene rings is 1. The molecular formula is C9H14ClNO. The second kappa shape index (κ2) is 5.72. The number of rotatable bonds is 3. The van der Waals surface area contributed by atoms with Gasteiger partial charge in [0.2, 0.25) is 0 Å². The van der Waals surface area contributed by atoms with Crippen LogP contribution >= 0.6 is 12.4 Å². The van der Waals surface area contributed by atoms with Crippen LogP contribution in [0.15, 0.2) is 24.3 Å². The summed E-state index contributed by atoms with van der Waals surface area (Å²) < 4.78 is 0. The van der Waals surface area contributed by atoms with E-state index in [1.807, 2.05) is 12.1 Å². The molecule has 0 atom stereocenters. The Hall–Kier alpha value is -0.890. The van der Waals surface area contributed by atoms with Crippen LogP contribution < -0.4 is 5.32 Å². The van der Waals surface area contributed by atoms with E-state index in [-0.39, 0.29) is 12.4 Å². The van der Waals surface area contributed by atoms with Crippen LogP contribution in [0, 0.1) is 0 Å². The zero-order valence-corrected chi connectivity index (χ0v) is 7.90. The number of aromatic hydroxyl groups is 1. The number of anilines is 1. The van der Waals surface area contributed by atoms with Gasteiger partial charge < -0.3 is 10.4 Å². The molecule has 3 heteroatoms. The first kappa shape index (κ1) is 11.1. The normalized spacial score (nSPS) is 8.75. The summed E-state index contributed by atoms with van der Waals surface area (Å²) in [6, 6.07) is 7.09. The van der Waals surface area contributed by atoms with Crippen molar-refractivity contribution < 1.29 is 5.11 Å². The van der Waals surface area contributed by atoms with E-state index < -0.39 is 0 Å². The van der Waals surface area contributed by atoms with E-state index in [1.54, 1.807) is 12.1 Å². The first-order valence-corrected chi connectivity index (χ1v) is 3.86. The number of phenols is 1. The lowest BCUT2D eigenvalue weighted by molar-refractivity contribution is 0.475. The molecule has 0 radical (unpaired) electrons. The number of nitrogens with one attached hydrogen (secondary N) is 1. The van der Waals surface area contributed by atoms with Gasteiger partial charge >= 0.3 is 0 Å². The van der Waals surface area contributed by atoms with Gasteiger partial charge in [0.25, 0.3) is 0 Å². The van der Waals surface area contributed by atoms with E-state index in [4.69, 9.17) is 5.11 Å². The summed E-state index contributed by atoms with van der Waals surface area (Å²) in [7, 11) is 0. The van der Waals surface area contributed by atoms with Crippen LogP contribution in [-0.2, 0) is 0 Å². The Morgan fingerprint density at radius 3 is 2.33 bits per heavy atom. The average Bonchev–Trinajstić information content (AvgIpc) is 2.04. The zero-order chi connectivity index (χ0) is 8.10. The van der Waals surface area contributed by atoms with Crippen molar-refractivity contribution >= 4 is 18.1 Å². The maximum atomic E-state index is 8.95. The first-order chi connectivity index (χ1) is 5.33. The van der Waals surface area contributed by atoms with Crippen molar-refractivity contribution in [1.29, 1.82) is 0 Å². The summed E-state index contributed by atoms with van der Waals surface area (Å²) in [4.78, 5) is 0. The van der Waals surface area contributed by atoms with Crippen LogP contribution in [0.4, 0.5) is 5.69 Å². The lowest BCUT2D eigenvalue weighted by Gasteiger charge is -2.03. The van der Waals surface area contributed by atoms with Crippen molar-refractivity contribution in [2.45, 2.75) is 13.3 Å². The van der Waals surface area contributed by atoms with Crippen molar-refractivity contribution in [3.05, 3.63) is 24.3 Å². The van der Waals surface area contributed by atoms with Crippen LogP contribution in [0.2, 0.25) is 0 Å². The highest BCUT2D eigenvalue weighted by molar-refractivity contribution is 5.85. The molecule has 0 aromatic heterocycles. The first-order valence-electron chi connectivity index (χ1n) is 3.86. The van der Waals surface area contributed by atoms with Gasteiger partial charge in [-0.25, -0.2) is 0 Å². The molecule has 0 saturated heterocycles. The third-order valence-electron chi connectivity index (χ3n) is 1.45. The Bertz CT molecular complexity index is 210. The smallest absolute Gasteiger partial charge is 0.115 e. The molecule has 0 aliphatic carbocycles. The van der Waals surface area contributed by atoms with Crippen molar-refractivity contribution in [2.75, 3.05) is 11.9 Å². The highest BCUT2D eigenvalue weighted by Gasteiger charge is 1.89. The van der Waals surface area contributed by atoms with Crippen molar-refractivity contribution in [3.63, 3.8) is 0 Å². The highest BCUT2D eigenvalue weighted by atomic mass is 35.5. The van der Waals surface area contributed by atoms with E-state index in [1.165, 1.54) is 0 Å². The van der Waals surface area contributed by atoms with Gasteiger partial charge in [-0.05, 0) is 30.7 Å².